The average molecular weight is 302 g/mol. The first-order valence-electron chi connectivity index (χ1n) is 8.19. The fraction of sp³-hybridized carbons (Fsp3) is 0.182. The Balaban J connectivity index is 2.27. The SMILES string of the molecule is CCC(CO)c1cccc(-c2ccccc2)c1-c1ccccc1. The predicted octanol–water partition coefficient (Wildman–Crippen LogP) is 5.51. The van der Waals surface area contributed by atoms with Gasteiger partial charge in [0, 0.05) is 12.5 Å². The van der Waals surface area contributed by atoms with Crippen LogP contribution in [0.1, 0.15) is 24.8 Å². The topological polar surface area (TPSA) is 20.2 Å². The van der Waals surface area contributed by atoms with Crippen LogP contribution in [0.15, 0.2) is 78.9 Å². The van der Waals surface area contributed by atoms with Crippen LogP contribution in [0.3, 0.4) is 0 Å². The van der Waals surface area contributed by atoms with Crippen LogP contribution < -0.4 is 0 Å². The largest absolute Gasteiger partial charge is 0.396 e. The van der Waals surface area contributed by atoms with Gasteiger partial charge in [0.1, 0.15) is 0 Å². The second-order valence-corrected chi connectivity index (χ2v) is 5.79. The van der Waals surface area contributed by atoms with Crippen molar-refractivity contribution in [3.63, 3.8) is 0 Å². The Morgan fingerprint density at radius 1 is 0.739 bits per heavy atom. The van der Waals surface area contributed by atoms with Crippen LogP contribution in [0.5, 0.6) is 0 Å². The lowest BCUT2D eigenvalue weighted by Crippen LogP contribution is -2.05. The molecule has 3 aromatic rings. The third kappa shape index (κ3) is 3.20. The minimum Gasteiger partial charge on any atom is -0.396 e. The molecule has 0 aromatic heterocycles. The maximum Gasteiger partial charge on any atom is 0.0499 e. The van der Waals surface area contributed by atoms with Crippen molar-refractivity contribution < 1.29 is 5.11 Å². The molecule has 0 saturated carbocycles. The molecule has 1 atom stereocenters. The Morgan fingerprint density at radius 3 is 1.91 bits per heavy atom. The fourth-order valence-corrected chi connectivity index (χ4v) is 3.14. The minimum atomic E-state index is 0.161. The molecule has 1 N–H and O–H groups in total. The van der Waals surface area contributed by atoms with Crippen LogP contribution in [0.25, 0.3) is 22.3 Å². The zero-order valence-corrected chi connectivity index (χ0v) is 13.4. The summed E-state index contributed by atoms with van der Waals surface area (Å²) in [6.07, 6.45) is 0.925. The highest BCUT2D eigenvalue weighted by molar-refractivity contribution is 5.86. The second kappa shape index (κ2) is 7.26. The molecule has 1 unspecified atom stereocenters. The van der Waals surface area contributed by atoms with Gasteiger partial charge in [0.25, 0.3) is 0 Å². The summed E-state index contributed by atoms with van der Waals surface area (Å²) >= 11 is 0. The second-order valence-electron chi connectivity index (χ2n) is 5.79. The lowest BCUT2D eigenvalue weighted by Gasteiger charge is -2.21. The normalized spacial score (nSPS) is 12.1. The molecule has 1 heteroatoms. The lowest BCUT2D eigenvalue weighted by molar-refractivity contribution is 0.262. The van der Waals surface area contributed by atoms with E-state index in [-0.39, 0.29) is 12.5 Å². The van der Waals surface area contributed by atoms with Gasteiger partial charge in [-0.3, -0.25) is 0 Å². The van der Waals surface area contributed by atoms with Crippen molar-refractivity contribution in [1.29, 1.82) is 0 Å². The molecule has 116 valence electrons. The van der Waals surface area contributed by atoms with Crippen LogP contribution in [0, 0.1) is 0 Å². The number of hydrogen-bond acceptors (Lipinski definition) is 1. The number of benzene rings is 3. The van der Waals surface area contributed by atoms with Gasteiger partial charge in [0.15, 0.2) is 0 Å². The summed E-state index contributed by atoms with van der Waals surface area (Å²) in [5, 5.41) is 9.81. The minimum absolute atomic E-state index is 0.161. The van der Waals surface area contributed by atoms with Gasteiger partial charge < -0.3 is 5.11 Å². The molecule has 0 aliphatic heterocycles. The van der Waals surface area contributed by atoms with Crippen molar-refractivity contribution in [2.75, 3.05) is 6.61 Å². The molecule has 1 nitrogen and oxygen atoms in total. The average Bonchev–Trinajstić information content (AvgIpc) is 2.64. The molecular formula is C22H22O. The molecule has 0 saturated heterocycles. The molecule has 0 aliphatic rings. The number of hydrogen-bond donors (Lipinski definition) is 1. The van der Waals surface area contributed by atoms with Crippen molar-refractivity contribution in [1.82, 2.24) is 0 Å². The number of rotatable bonds is 5. The van der Waals surface area contributed by atoms with E-state index in [2.05, 4.69) is 73.7 Å². The van der Waals surface area contributed by atoms with Crippen molar-refractivity contribution in [2.45, 2.75) is 19.3 Å². The number of aliphatic hydroxyl groups is 1. The van der Waals surface area contributed by atoms with E-state index in [0.29, 0.717) is 0 Å². The molecule has 23 heavy (non-hydrogen) atoms. The Morgan fingerprint density at radius 2 is 1.35 bits per heavy atom. The van der Waals surface area contributed by atoms with Crippen LogP contribution in [-0.4, -0.2) is 11.7 Å². The Bertz CT molecular complexity index is 743. The molecule has 0 amide bonds. The van der Waals surface area contributed by atoms with E-state index in [4.69, 9.17) is 0 Å². The van der Waals surface area contributed by atoms with E-state index < -0.39 is 0 Å². The zero-order chi connectivity index (χ0) is 16.1. The molecular weight excluding hydrogens is 280 g/mol. The third-order valence-electron chi connectivity index (χ3n) is 4.40. The summed E-state index contributed by atoms with van der Waals surface area (Å²) < 4.78 is 0. The molecule has 3 rings (SSSR count). The van der Waals surface area contributed by atoms with E-state index >= 15 is 0 Å². The highest BCUT2D eigenvalue weighted by Gasteiger charge is 2.17. The van der Waals surface area contributed by atoms with E-state index in [9.17, 15) is 5.11 Å². The first-order valence-corrected chi connectivity index (χ1v) is 8.19. The van der Waals surface area contributed by atoms with Gasteiger partial charge in [-0.25, -0.2) is 0 Å². The standard InChI is InChI=1S/C22H22O/c1-2-17(16-23)20-14-9-15-21(18-10-5-3-6-11-18)22(20)19-12-7-4-8-13-19/h3-15,17,23H,2,16H2,1H3. The fourth-order valence-electron chi connectivity index (χ4n) is 3.14. The highest BCUT2D eigenvalue weighted by atomic mass is 16.3. The van der Waals surface area contributed by atoms with Gasteiger partial charge in [-0.05, 0) is 34.2 Å². The van der Waals surface area contributed by atoms with Crippen LogP contribution >= 0.6 is 0 Å². The molecule has 0 bridgehead atoms. The van der Waals surface area contributed by atoms with Gasteiger partial charge in [0.2, 0.25) is 0 Å². The van der Waals surface area contributed by atoms with E-state index in [1.165, 1.54) is 27.8 Å². The molecule has 0 aliphatic carbocycles. The predicted molar refractivity (Wildman–Crippen MR) is 97.4 cm³/mol. The maximum atomic E-state index is 9.81. The van der Waals surface area contributed by atoms with Crippen LogP contribution in [0.4, 0.5) is 0 Å². The van der Waals surface area contributed by atoms with Gasteiger partial charge in [-0.2, -0.15) is 0 Å². The first kappa shape index (κ1) is 15.5. The van der Waals surface area contributed by atoms with E-state index in [0.717, 1.165) is 6.42 Å². The summed E-state index contributed by atoms with van der Waals surface area (Å²) in [4.78, 5) is 0. The monoisotopic (exact) mass is 302 g/mol. The van der Waals surface area contributed by atoms with Crippen molar-refractivity contribution in [3.05, 3.63) is 84.4 Å². The summed E-state index contributed by atoms with van der Waals surface area (Å²) in [6, 6.07) is 27.4. The van der Waals surface area contributed by atoms with Crippen molar-refractivity contribution in [3.8, 4) is 22.3 Å². The lowest BCUT2D eigenvalue weighted by atomic mass is 9.84. The molecule has 0 heterocycles. The summed E-state index contributed by atoms with van der Waals surface area (Å²) in [7, 11) is 0. The van der Waals surface area contributed by atoms with Crippen molar-refractivity contribution in [2.24, 2.45) is 0 Å². The zero-order valence-electron chi connectivity index (χ0n) is 13.4. The summed E-state index contributed by atoms with van der Waals surface area (Å²) in [5.41, 5.74) is 6.10. The Kier molecular flexibility index (Phi) is 4.89. The van der Waals surface area contributed by atoms with Crippen molar-refractivity contribution >= 4 is 0 Å². The summed E-state index contributed by atoms with van der Waals surface area (Å²) in [5.74, 6) is 0.161. The molecule has 0 fully saturated rings. The smallest absolute Gasteiger partial charge is 0.0499 e. The molecule has 0 spiro atoms. The van der Waals surface area contributed by atoms with Crippen LogP contribution in [-0.2, 0) is 0 Å². The van der Waals surface area contributed by atoms with Crippen LogP contribution in [0.2, 0.25) is 0 Å². The molecule has 0 radical (unpaired) electrons. The van der Waals surface area contributed by atoms with Gasteiger partial charge in [0.05, 0.1) is 0 Å². The van der Waals surface area contributed by atoms with Gasteiger partial charge in [-0.15, -0.1) is 0 Å². The third-order valence-corrected chi connectivity index (χ3v) is 4.40. The quantitative estimate of drug-likeness (QED) is 0.659. The van der Waals surface area contributed by atoms with Gasteiger partial charge >= 0.3 is 0 Å². The Labute approximate surface area is 138 Å². The molecule has 3 aromatic carbocycles. The van der Waals surface area contributed by atoms with Gasteiger partial charge in [-0.1, -0.05) is 85.8 Å². The highest BCUT2D eigenvalue weighted by Crippen LogP contribution is 2.38. The first-order chi connectivity index (χ1) is 11.3. The summed E-state index contributed by atoms with van der Waals surface area (Å²) in [6.45, 7) is 2.30. The number of aliphatic hydroxyl groups excluding tert-OH is 1. The Hall–Kier alpha value is -2.38. The van der Waals surface area contributed by atoms with E-state index in [1.54, 1.807) is 0 Å². The van der Waals surface area contributed by atoms with E-state index in [1.807, 2.05) is 12.1 Å². The maximum absolute atomic E-state index is 9.81.